The van der Waals surface area contributed by atoms with Gasteiger partial charge < -0.3 is 44.4 Å². The SMILES string of the molecule is CCc1cccc2cc(O)cc(-c3ncc4c(N5CC6CCC(C5)N6)nc(OCC56CCCN5[C@@H](COC(=O)N(C)Cc5cc(C(C)C(C)C)on5)CC6)nc4c3F)c12.Cc1ncsc1-c1ccc(C(C)NC(=O)C2CCCN2C=O)cc1. The normalized spacial score (nSPS) is 21.9. The number of nitrogens with zero attached hydrogens (tertiary/aromatic N) is 9. The minimum Gasteiger partial charge on any atom is -0.508 e. The third kappa shape index (κ3) is 12.0. The van der Waals surface area contributed by atoms with Gasteiger partial charge in [-0.1, -0.05) is 75.3 Å². The van der Waals surface area contributed by atoms with Crippen LogP contribution in [0.3, 0.4) is 0 Å². The maximum atomic E-state index is 17.2. The zero-order valence-corrected chi connectivity index (χ0v) is 49.4. The number of carbonyl (C=O) groups excluding carboxylic acids is 3. The van der Waals surface area contributed by atoms with Crippen molar-refractivity contribution in [2.24, 2.45) is 5.92 Å². The first kappa shape index (κ1) is 57.5. The van der Waals surface area contributed by atoms with E-state index in [0.29, 0.717) is 60.2 Å². The van der Waals surface area contributed by atoms with E-state index < -0.39 is 11.9 Å². The Labute approximate surface area is 488 Å². The average Bonchev–Trinajstić information content (AvgIpc) is 4.16. The van der Waals surface area contributed by atoms with E-state index >= 15 is 4.39 Å². The lowest BCUT2D eigenvalue weighted by atomic mass is 9.95. The van der Waals surface area contributed by atoms with E-state index in [2.05, 4.69) is 70.4 Å². The molecule has 9 heterocycles. The number of phenols is 1. The molecule has 7 atom stereocenters. The second-order valence-corrected chi connectivity index (χ2v) is 24.6. The summed E-state index contributed by atoms with van der Waals surface area (Å²) in [5.74, 6) is 1.47. The number of amides is 3. The minimum atomic E-state index is -0.575. The molecule has 5 saturated heterocycles. The number of ether oxygens (including phenoxy) is 2. The Morgan fingerprint density at radius 1 is 1.00 bits per heavy atom. The van der Waals surface area contributed by atoms with Crippen molar-refractivity contribution < 1.29 is 37.9 Å². The van der Waals surface area contributed by atoms with Gasteiger partial charge >= 0.3 is 12.1 Å². The molecule has 3 amide bonds. The Bertz CT molecular complexity index is 3470. The lowest BCUT2D eigenvalue weighted by Gasteiger charge is -2.35. The molecule has 0 aliphatic carbocycles. The molecule has 18 nitrogen and oxygen atoms in total. The molecule has 5 fully saturated rings. The van der Waals surface area contributed by atoms with Gasteiger partial charge in [0.1, 0.15) is 53.5 Å². The van der Waals surface area contributed by atoms with E-state index in [4.69, 9.17) is 28.9 Å². The van der Waals surface area contributed by atoms with Gasteiger partial charge in [0.2, 0.25) is 12.3 Å². The van der Waals surface area contributed by atoms with E-state index in [1.54, 1.807) is 41.6 Å². The predicted octanol–water partition coefficient (Wildman–Crippen LogP) is 10.5. The fraction of sp³-hybridized carbons (Fsp3) is 0.492. The lowest BCUT2D eigenvalue weighted by molar-refractivity contribution is -0.131. The summed E-state index contributed by atoms with van der Waals surface area (Å²) in [4.78, 5) is 64.2. The number of fused-ring (bicyclic) bond motifs is 5. The average molecular weight is 1150 g/mol. The third-order valence-electron chi connectivity index (χ3n) is 18.0. The van der Waals surface area contributed by atoms with Crippen LogP contribution in [0.4, 0.5) is 15.0 Å². The Morgan fingerprint density at radius 3 is 2.53 bits per heavy atom. The third-order valence-corrected chi connectivity index (χ3v) is 19.0. The van der Waals surface area contributed by atoms with Crippen LogP contribution in [-0.2, 0) is 27.3 Å². The first-order valence-corrected chi connectivity index (χ1v) is 30.3. The van der Waals surface area contributed by atoms with Gasteiger partial charge in [-0.25, -0.2) is 14.2 Å². The number of thiazole rings is 1. The minimum absolute atomic E-state index is 0.0413. The predicted molar refractivity (Wildman–Crippen MR) is 318 cm³/mol. The van der Waals surface area contributed by atoms with E-state index in [1.165, 1.54) is 9.78 Å². The lowest BCUT2D eigenvalue weighted by Crippen LogP contribution is -2.51. The smallest absolute Gasteiger partial charge is 0.409 e. The van der Waals surface area contributed by atoms with E-state index in [1.807, 2.05) is 55.8 Å². The van der Waals surface area contributed by atoms with Crippen LogP contribution in [0.2, 0.25) is 0 Å². The summed E-state index contributed by atoms with van der Waals surface area (Å²) >= 11 is 1.63. The van der Waals surface area contributed by atoms with Crippen LogP contribution in [0.15, 0.2) is 76.9 Å². The number of pyridine rings is 1. The number of piperazine rings is 1. The second kappa shape index (κ2) is 24.5. The first-order chi connectivity index (χ1) is 40.1. The number of halogens is 1. The van der Waals surface area contributed by atoms with Crippen LogP contribution in [0, 0.1) is 18.7 Å². The number of aromatic nitrogens is 5. The summed E-state index contributed by atoms with van der Waals surface area (Å²) in [6, 6.07) is 19.7. The fourth-order valence-electron chi connectivity index (χ4n) is 13.1. The van der Waals surface area contributed by atoms with Crippen molar-refractivity contribution in [2.45, 2.75) is 148 Å². The molecule has 2 bridgehead atoms. The summed E-state index contributed by atoms with van der Waals surface area (Å²) in [6.45, 7) is 16.3. The number of hydrogen-bond donors (Lipinski definition) is 3. The van der Waals surface area contributed by atoms with Gasteiger partial charge in [-0.05, 0) is 124 Å². The number of aromatic hydroxyl groups is 1. The number of hydrogen-bond acceptors (Lipinski definition) is 16. The summed E-state index contributed by atoms with van der Waals surface area (Å²) in [7, 11) is 1.71. The van der Waals surface area contributed by atoms with Crippen molar-refractivity contribution in [3.8, 4) is 33.5 Å². The number of phenolic OH excluding ortho intramolecular Hbond substituents is 1. The summed E-state index contributed by atoms with van der Waals surface area (Å²) < 4.78 is 35.2. The second-order valence-electron chi connectivity index (χ2n) is 23.7. The van der Waals surface area contributed by atoms with Crippen molar-refractivity contribution >= 4 is 57.2 Å². The van der Waals surface area contributed by atoms with E-state index in [9.17, 15) is 19.5 Å². The molecule has 6 unspecified atom stereocenters. The highest BCUT2D eigenvalue weighted by Crippen LogP contribution is 2.44. The fourth-order valence-corrected chi connectivity index (χ4v) is 13.9. The number of likely N-dealkylation sites (tertiary alicyclic amines) is 1. The Hall–Kier alpha value is -7.29. The maximum absolute atomic E-state index is 17.2. The number of rotatable bonds is 17. The highest BCUT2D eigenvalue weighted by molar-refractivity contribution is 7.13. The van der Waals surface area contributed by atoms with Crippen molar-refractivity contribution in [2.75, 3.05) is 51.3 Å². The molecule has 12 rings (SSSR count). The van der Waals surface area contributed by atoms with Gasteiger partial charge in [0, 0.05) is 68.6 Å². The summed E-state index contributed by atoms with van der Waals surface area (Å²) in [5, 5.41) is 23.8. The van der Waals surface area contributed by atoms with Crippen LogP contribution < -0.4 is 20.3 Å². The maximum Gasteiger partial charge on any atom is 0.409 e. The molecule has 0 radical (unpaired) electrons. The molecule has 20 heteroatoms. The zero-order valence-electron chi connectivity index (χ0n) is 48.6. The topological polar surface area (TPSA) is 205 Å². The van der Waals surface area contributed by atoms with Crippen molar-refractivity contribution in [1.29, 1.82) is 0 Å². The van der Waals surface area contributed by atoms with Crippen molar-refractivity contribution in [1.82, 2.24) is 50.4 Å². The van der Waals surface area contributed by atoms with Crippen LogP contribution >= 0.6 is 11.3 Å². The highest BCUT2D eigenvalue weighted by Gasteiger charge is 2.50. The molecule has 0 spiro atoms. The monoisotopic (exact) mass is 1150 g/mol. The van der Waals surface area contributed by atoms with E-state index in [-0.39, 0.29) is 65.1 Å². The molecule has 4 aromatic heterocycles. The number of anilines is 1. The molecule has 3 N–H and O–H groups in total. The molecule has 0 saturated carbocycles. The van der Waals surface area contributed by atoms with Crippen LogP contribution in [-0.4, -0.2) is 139 Å². The van der Waals surface area contributed by atoms with Crippen molar-refractivity contribution in [3.63, 3.8) is 0 Å². The zero-order chi connectivity index (χ0) is 58.1. The van der Waals surface area contributed by atoms with Gasteiger partial charge in [0.25, 0.3) is 0 Å². The quantitative estimate of drug-likeness (QED) is 0.0726. The first-order valence-electron chi connectivity index (χ1n) is 29.5. The van der Waals surface area contributed by atoms with Gasteiger partial charge in [-0.3, -0.25) is 19.5 Å². The standard InChI is InChI=1S/C45H55FN8O5.C18H21N3O2S/c1-6-28-9-7-10-29-17-34(55)19-35(38(28)29)40-39(46)41-36(20-47-40)42(53-22-30-11-12-31(23-53)48-30)50-43(49-41)58-25-45-14-8-16-54(45)33(13-15-45)24-57-44(56)52(5)21-32-18-37(59-51-32)27(4)26(2)3;1-12(20-18(23)16-4-3-9-21(16)11-22)14-5-7-15(8-6-14)17-13(2)19-10-24-17/h7,9-10,17-20,26-27,30-31,33,48,55H,6,8,11-16,21-25H2,1-5H3;5-8,10-12,16H,3-4,9H2,1-2H3,(H,20,23)/t27?,30?,31?,33-,45?;/m1./s1. The van der Waals surface area contributed by atoms with Crippen LogP contribution in [0.25, 0.3) is 43.4 Å². The summed E-state index contributed by atoms with van der Waals surface area (Å²) in [5.41, 5.74) is 7.31. The van der Waals surface area contributed by atoms with Gasteiger partial charge in [0.05, 0.1) is 39.6 Å². The molecule has 5 aliphatic rings. The summed E-state index contributed by atoms with van der Waals surface area (Å²) in [6.07, 6.45) is 10.2. The molecule has 83 heavy (non-hydrogen) atoms. The molecule has 7 aromatic rings. The molecular weight excluding hydrogens is 1070 g/mol. The largest absolute Gasteiger partial charge is 0.508 e. The molecule has 438 valence electrons. The number of benzene rings is 3. The van der Waals surface area contributed by atoms with E-state index in [0.717, 1.165) is 123 Å². The van der Waals surface area contributed by atoms with Gasteiger partial charge in [-0.15, -0.1) is 11.3 Å². The van der Waals surface area contributed by atoms with Crippen molar-refractivity contribution in [3.05, 3.63) is 106 Å². The van der Waals surface area contributed by atoms with Crippen LogP contribution in [0.5, 0.6) is 11.8 Å². The Morgan fingerprint density at radius 2 is 1.80 bits per heavy atom. The number of aryl methyl sites for hydroxylation is 2. The molecule has 3 aromatic carbocycles. The number of carbonyl (C=O) groups is 3. The molecule has 5 aliphatic heterocycles. The Kier molecular flexibility index (Phi) is 17.0. The Balaban J connectivity index is 0.000000251. The van der Waals surface area contributed by atoms with Gasteiger partial charge in [-0.2, -0.15) is 9.97 Å². The highest BCUT2D eigenvalue weighted by atomic mass is 32.1. The van der Waals surface area contributed by atoms with Gasteiger partial charge in [0.15, 0.2) is 5.82 Å². The van der Waals surface area contributed by atoms with Crippen LogP contribution in [0.1, 0.15) is 126 Å². The molecular formula is C63H76FN11O7S. The number of nitrogens with one attached hydrogen (secondary N) is 2.